The van der Waals surface area contributed by atoms with Crippen LogP contribution in [-0.4, -0.2) is 33.1 Å². The molecular formula is C23H23N5O2. The van der Waals surface area contributed by atoms with E-state index in [1.807, 2.05) is 25.1 Å². The normalized spacial score (nSPS) is 10.8. The number of aromatic nitrogens is 4. The van der Waals surface area contributed by atoms with E-state index in [0.717, 1.165) is 28.3 Å². The van der Waals surface area contributed by atoms with Crippen LogP contribution >= 0.6 is 0 Å². The van der Waals surface area contributed by atoms with Gasteiger partial charge in [0.2, 0.25) is 5.95 Å². The SMILES string of the molecule is Cc1ccc(OCCNc2ncc(-c3cnccn3)c(-c3ccoc3C)n2)cc1C. The molecule has 3 heterocycles. The average Bonchev–Trinajstić information content (AvgIpc) is 3.20. The Hall–Kier alpha value is -3.74. The van der Waals surface area contributed by atoms with Gasteiger partial charge >= 0.3 is 0 Å². The predicted molar refractivity (Wildman–Crippen MR) is 115 cm³/mol. The number of hydrogen-bond acceptors (Lipinski definition) is 7. The minimum atomic E-state index is 0.498. The highest BCUT2D eigenvalue weighted by atomic mass is 16.5. The Bertz CT molecular complexity index is 1140. The second kappa shape index (κ2) is 8.73. The lowest BCUT2D eigenvalue weighted by Crippen LogP contribution is -2.14. The maximum absolute atomic E-state index is 5.83. The molecule has 0 fully saturated rings. The summed E-state index contributed by atoms with van der Waals surface area (Å²) in [4.78, 5) is 17.7. The molecule has 0 amide bonds. The zero-order chi connectivity index (χ0) is 20.9. The maximum atomic E-state index is 5.83. The van der Waals surface area contributed by atoms with E-state index in [0.29, 0.717) is 24.8 Å². The van der Waals surface area contributed by atoms with Crippen LogP contribution in [0.15, 0.2) is 59.7 Å². The van der Waals surface area contributed by atoms with Gasteiger partial charge in [-0.3, -0.25) is 9.97 Å². The number of nitrogens with one attached hydrogen (secondary N) is 1. The molecule has 1 aromatic carbocycles. The van der Waals surface area contributed by atoms with E-state index in [1.54, 1.807) is 31.1 Å². The van der Waals surface area contributed by atoms with Crippen molar-refractivity contribution in [2.75, 3.05) is 18.5 Å². The molecule has 0 saturated carbocycles. The Morgan fingerprint density at radius 1 is 0.967 bits per heavy atom. The maximum Gasteiger partial charge on any atom is 0.223 e. The van der Waals surface area contributed by atoms with E-state index in [2.05, 4.69) is 40.2 Å². The van der Waals surface area contributed by atoms with Gasteiger partial charge in [0.05, 0.1) is 30.4 Å². The molecule has 4 rings (SSSR count). The van der Waals surface area contributed by atoms with Crippen LogP contribution in [0.1, 0.15) is 16.9 Å². The number of nitrogens with zero attached hydrogens (tertiary/aromatic N) is 4. The van der Waals surface area contributed by atoms with E-state index >= 15 is 0 Å². The predicted octanol–water partition coefficient (Wildman–Crippen LogP) is 4.61. The number of aryl methyl sites for hydroxylation is 3. The van der Waals surface area contributed by atoms with Gasteiger partial charge in [0, 0.05) is 29.7 Å². The van der Waals surface area contributed by atoms with Crippen LogP contribution in [0.25, 0.3) is 22.5 Å². The highest BCUT2D eigenvalue weighted by Crippen LogP contribution is 2.31. The van der Waals surface area contributed by atoms with Gasteiger partial charge in [-0.1, -0.05) is 6.07 Å². The molecule has 7 nitrogen and oxygen atoms in total. The van der Waals surface area contributed by atoms with Crippen molar-refractivity contribution in [3.8, 4) is 28.3 Å². The van der Waals surface area contributed by atoms with Crippen molar-refractivity contribution in [2.45, 2.75) is 20.8 Å². The number of benzene rings is 1. The number of rotatable bonds is 7. The summed E-state index contributed by atoms with van der Waals surface area (Å²) in [5.41, 5.74) is 5.60. The molecular weight excluding hydrogens is 378 g/mol. The topological polar surface area (TPSA) is 86.0 Å². The van der Waals surface area contributed by atoms with Crippen LogP contribution < -0.4 is 10.1 Å². The quantitative estimate of drug-likeness (QED) is 0.453. The first-order valence-electron chi connectivity index (χ1n) is 9.73. The van der Waals surface area contributed by atoms with E-state index in [1.165, 1.54) is 11.1 Å². The van der Waals surface area contributed by atoms with E-state index in [-0.39, 0.29) is 0 Å². The molecule has 1 N–H and O–H groups in total. The lowest BCUT2D eigenvalue weighted by atomic mass is 10.1. The Balaban J connectivity index is 1.50. The van der Waals surface area contributed by atoms with Gasteiger partial charge in [-0.2, -0.15) is 0 Å². The van der Waals surface area contributed by atoms with Crippen molar-refractivity contribution < 1.29 is 9.15 Å². The summed E-state index contributed by atoms with van der Waals surface area (Å²) in [6.07, 6.45) is 8.39. The molecule has 0 aliphatic heterocycles. The largest absolute Gasteiger partial charge is 0.492 e. The van der Waals surface area contributed by atoms with Crippen molar-refractivity contribution in [1.82, 2.24) is 19.9 Å². The summed E-state index contributed by atoms with van der Waals surface area (Å²) >= 11 is 0. The highest BCUT2D eigenvalue weighted by molar-refractivity contribution is 5.79. The standard InChI is InChI=1S/C23H23N5O2/c1-15-4-5-18(12-16(15)2)30-11-9-26-23-27-13-20(21-14-24-7-8-25-21)22(28-23)19-6-10-29-17(19)3/h4-8,10,12-14H,9,11H2,1-3H3,(H,26,27,28). The second-order valence-electron chi connectivity index (χ2n) is 6.96. The summed E-state index contributed by atoms with van der Waals surface area (Å²) in [5, 5.41) is 3.23. The molecule has 0 bridgehead atoms. The molecule has 4 aromatic rings. The minimum Gasteiger partial charge on any atom is -0.492 e. The van der Waals surface area contributed by atoms with Crippen LogP contribution in [-0.2, 0) is 0 Å². The zero-order valence-corrected chi connectivity index (χ0v) is 17.2. The zero-order valence-electron chi connectivity index (χ0n) is 17.2. The van der Waals surface area contributed by atoms with Gasteiger partial charge in [-0.05, 0) is 50.1 Å². The van der Waals surface area contributed by atoms with E-state index < -0.39 is 0 Å². The van der Waals surface area contributed by atoms with Gasteiger partial charge in [-0.25, -0.2) is 9.97 Å². The molecule has 152 valence electrons. The van der Waals surface area contributed by atoms with Crippen molar-refractivity contribution in [1.29, 1.82) is 0 Å². The summed E-state index contributed by atoms with van der Waals surface area (Å²) < 4.78 is 11.3. The van der Waals surface area contributed by atoms with Crippen molar-refractivity contribution in [3.63, 3.8) is 0 Å². The van der Waals surface area contributed by atoms with Gasteiger partial charge in [0.1, 0.15) is 18.1 Å². The molecule has 0 aliphatic carbocycles. The molecule has 0 unspecified atom stereocenters. The van der Waals surface area contributed by atoms with Crippen molar-refractivity contribution in [2.24, 2.45) is 0 Å². The Morgan fingerprint density at radius 3 is 2.60 bits per heavy atom. The first-order valence-corrected chi connectivity index (χ1v) is 9.73. The van der Waals surface area contributed by atoms with Gasteiger partial charge in [-0.15, -0.1) is 0 Å². The number of furan rings is 1. The number of ether oxygens (including phenoxy) is 1. The minimum absolute atomic E-state index is 0.498. The third kappa shape index (κ3) is 4.30. The van der Waals surface area contributed by atoms with Gasteiger partial charge in [0.15, 0.2) is 0 Å². The van der Waals surface area contributed by atoms with Gasteiger partial charge in [0.25, 0.3) is 0 Å². The lowest BCUT2D eigenvalue weighted by molar-refractivity contribution is 0.332. The summed E-state index contributed by atoms with van der Waals surface area (Å²) in [6.45, 7) is 7.13. The number of anilines is 1. The molecule has 0 atom stereocenters. The Labute approximate surface area is 175 Å². The van der Waals surface area contributed by atoms with Gasteiger partial charge < -0.3 is 14.5 Å². The van der Waals surface area contributed by atoms with Crippen LogP contribution in [0.2, 0.25) is 0 Å². The molecule has 0 saturated heterocycles. The molecule has 30 heavy (non-hydrogen) atoms. The van der Waals surface area contributed by atoms with E-state index in [4.69, 9.17) is 14.1 Å². The summed E-state index contributed by atoms with van der Waals surface area (Å²) in [5.74, 6) is 2.15. The van der Waals surface area contributed by atoms with E-state index in [9.17, 15) is 0 Å². The number of hydrogen-bond donors (Lipinski definition) is 1. The molecule has 7 heteroatoms. The summed E-state index contributed by atoms with van der Waals surface area (Å²) in [7, 11) is 0. The smallest absolute Gasteiger partial charge is 0.223 e. The highest BCUT2D eigenvalue weighted by Gasteiger charge is 2.16. The summed E-state index contributed by atoms with van der Waals surface area (Å²) in [6, 6.07) is 7.98. The monoisotopic (exact) mass is 401 g/mol. The second-order valence-corrected chi connectivity index (χ2v) is 6.96. The van der Waals surface area contributed by atoms with Crippen LogP contribution in [0.4, 0.5) is 5.95 Å². The third-order valence-electron chi connectivity index (χ3n) is 4.87. The molecule has 0 radical (unpaired) electrons. The Morgan fingerprint density at radius 2 is 1.87 bits per heavy atom. The fourth-order valence-corrected chi connectivity index (χ4v) is 3.06. The molecule has 3 aromatic heterocycles. The van der Waals surface area contributed by atoms with Crippen LogP contribution in [0, 0.1) is 20.8 Å². The lowest BCUT2D eigenvalue weighted by Gasteiger charge is -2.12. The third-order valence-corrected chi connectivity index (χ3v) is 4.87. The van der Waals surface area contributed by atoms with Crippen molar-refractivity contribution >= 4 is 5.95 Å². The fraction of sp³-hybridized carbons (Fsp3) is 0.217. The Kier molecular flexibility index (Phi) is 5.70. The van der Waals surface area contributed by atoms with Crippen molar-refractivity contribution in [3.05, 3.63) is 72.2 Å². The molecule has 0 spiro atoms. The fourth-order valence-electron chi connectivity index (χ4n) is 3.06. The van der Waals surface area contributed by atoms with Crippen LogP contribution in [0.5, 0.6) is 5.75 Å². The first-order chi connectivity index (χ1) is 14.6. The van der Waals surface area contributed by atoms with Crippen LogP contribution in [0.3, 0.4) is 0 Å². The first kappa shape index (κ1) is 19.6. The average molecular weight is 401 g/mol. The molecule has 0 aliphatic rings.